The van der Waals surface area contributed by atoms with Crippen LogP contribution in [0.3, 0.4) is 0 Å². The average molecular weight is 335 g/mol. The number of aromatic hydroxyl groups is 1. The minimum atomic E-state index is 0.318. The molecule has 0 aliphatic heterocycles. The minimum absolute atomic E-state index is 0.318. The van der Waals surface area contributed by atoms with Crippen LogP contribution in [0, 0.1) is 0 Å². The standard InChI is InChI=1S/C24H17NO/c26-23-12-6-11-22-24(23)20-9-4-5-10-21(20)25(22)19-15-13-18(14-16-19)17-7-2-1-3-8-17/h1-16,26H. The molecule has 0 spiro atoms. The molecule has 1 N–H and O–H groups in total. The first-order valence-corrected chi connectivity index (χ1v) is 8.70. The van der Waals surface area contributed by atoms with Crippen LogP contribution in [0.1, 0.15) is 0 Å². The van der Waals surface area contributed by atoms with E-state index in [0.717, 1.165) is 27.5 Å². The molecule has 0 radical (unpaired) electrons. The summed E-state index contributed by atoms with van der Waals surface area (Å²) >= 11 is 0. The van der Waals surface area contributed by atoms with Gasteiger partial charge in [0.15, 0.2) is 0 Å². The molecule has 0 aliphatic carbocycles. The van der Waals surface area contributed by atoms with Crippen LogP contribution in [0.4, 0.5) is 0 Å². The second kappa shape index (κ2) is 5.78. The Morgan fingerprint density at radius 2 is 1.19 bits per heavy atom. The predicted molar refractivity (Wildman–Crippen MR) is 108 cm³/mol. The Balaban J connectivity index is 1.75. The van der Waals surface area contributed by atoms with E-state index in [1.54, 1.807) is 6.07 Å². The zero-order valence-electron chi connectivity index (χ0n) is 14.1. The second-order valence-corrected chi connectivity index (χ2v) is 6.44. The minimum Gasteiger partial charge on any atom is -0.507 e. The van der Waals surface area contributed by atoms with Gasteiger partial charge in [0.2, 0.25) is 0 Å². The summed E-state index contributed by atoms with van der Waals surface area (Å²) in [4.78, 5) is 0. The molecule has 0 aliphatic rings. The lowest BCUT2D eigenvalue weighted by Crippen LogP contribution is -1.93. The van der Waals surface area contributed by atoms with E-state index in [2.05, 4.69) is 71.3 Å². The molecule has 0 fully saturated rings. The SMILES string of the molecule is Oc1cccc2c1c1ccccc1n2-c1ccc(-c2ccccc2)cc1. The number of fused-ring (bicyclic) bond motifs is 3. The lowest BCUT2D eigenvalue weighted by atomic mass is 10.1. The Hall–Kier alpha value is -3.52. The molecule has 0 unspecified atom stereocenters. The highest BCUT2D eigenvalue weighted by molar-refractivity contribution is 6.12. The summed E-state index contributed by atoms with van der Waals surface area (Å²) in [6.45, 7) is 0. The van der Waals surface area contributed by atoms with Crippen molar-refractivity contribution in [2.75, 3.05) is 0 Å². The van der Waals surface area contributed by atoms with Gasteiger partial charge in [-0.25, -0.2) is 0 Å². The van der Waals surface area contributed by atoms with Crippen LogP contribution in [0.2, 0.25) is 0 Å². The smallest absolute Gasteiger partial charge is 0.125 e. The van der Waals surface area contributed by atoms with Crippen molar-refractivity contribution in [1.82, 2.24) is 4.57 Å². The van der Waals surface area contributed by atoms with Crippen LogP contribution in [0.25, 0.3) is 38.6 Å². The quantitative estimate of drug-likeness (QED) is 0.411. The highest BCUT2D eigenvalue weighted by atomic mass is 16.3. The lowest BCUT2D eigenvalue weighted by Gasteiger charge is -2.09. The molecular formula is C24H17NO. The van der Waals surface area contributed by atoms with Crippen LogP contribution in [-0.4, -0.2) is 9.67 Å². The first-order valence-electron chi connectivity index (χ1n) is 8.70. The number of nitrogens with zero attached hydrogens (tertiary/aromatic N) is 1. The molecule has 0 bridgehead atoms. The van der Waals surface area contributed by atoms with E-state index in [9.17, 15) is 5.11 Å². The highest BCUT2D eigenvalue weighted by Gasteiger charge is 2.14. The van der Waals surface area contributed by atoms with E-state index in [0.29, 0.717) is 5.75 Å². The number of benzene rings is 4. The van der Waals surface area contributed by atoms with Crippen molar-refractivity contribution in [3.63, 3.8) is 0 Å². The molecule has 4 aromatic carbocycles. The molecule has 1 aromatic heterocycles. The summed E-state index contributed by atoms with van der Waals surface area (Å²) in [6, 6.07) is 32.8. The topological polar surface area (TPSA) is 25.2 Å². The first-order chi connectivity index (χ1) is 12.8. The van der Waals surface area contributed by atoms with Crippen LogP contribution in [-0.2, 0) is 0 Å². The fourth-order valence-corrected chi connectivity index (χ4v) is 3.71. The molecule has 5 rings (SSSR count). The average Bonchev–Trinajstić information content (AvgIpc) is 3.04. The predicted octanol–water partition coefficient (Wildman–Crippen LogP) is 6.16. The molecule has 0 saturated carbocycles. The van der Waals surface area contributed by atoms with Gasteiger partial charge in [0.1, 0.15) is 5.75 Å². The number of hydrogen-bond donors (Lipinski definition) is 1. The van der Waals surface area contributed by atoms with Gasteiger partial charge in [-0.15, -0.1) is 0 Å². The largest absolute Gasteiger partial charge is 0.507 e. The van der Waals surface area contributed by atoms with E-state index in [4.69, 9.17) is 0 Å². The maximum absolute atomic E-state index is 10.4. The van der Waals surface area contributed by atoms with Crippen molar-refractivity contribution in [1.29, 1.82) is 0 Å². The fraction of sp³-hybridized carbons (Fsp3) is 0. The molecule has 1 heterocycles. The van der Waals surface area contributed by atoms with Crippen molar-refractivity contribution >= 4 is 21.8 Å². The normalized spacial score (nSPS) is 11.2. The van der Waals surface area contributed by atoms with Gasteiger partial charge in [-0.1, -0.05) is 66.7 Å². The number of rotatable bonds is 2. The van der Waals surface area contributed by atoms with Crippen molar-refractivity contribution in [2.45, 2.75) is 0 Å². The van der Waals surface area contributed by atoms with Crippen molar-refractivity contribution in [3.05, 3.63) is 97.1 Å². The molecule has 0 saturated heterocycles. The molecule has 5 aromatic rings. The summed E-state index contributed by atoms with van der Waals surface area (Å²) in [5.41, 5.74) is 5.59. The number of hydrogen-bond acceptors (Lipinski definition) is 1. The Labute approximate surface area is 151 Å². The number of aromatic nitrogens is 1. The lowest BCUT2D eigenvalue weighted by molar-refractivity contribution is 0.482. The third-order valence-corrected chi connectivity index (χ3v) is 4.91. The monoisotopic (exact) mass is 335 g/mol. The third-order valence-electron chi connectivity index (χ3n) is 4.91. The molecule has 124 valence electrons. The van der Waals surface area contributed by atoms with Crippen molar-refractivity contribution in [2.24, 2.45) is 0 Å². The van der Waals surface area contributed by atoms with Crippen molar-refractivity contribution < 1.29 is 5.11 Å². The molecule has 26 heavy (non-hydrogen) atoms. The Kier molecular flexibility index (Phi) is 3.29. The van der Waals surface area contributed by atoms with Crippen LogP contribution >= 0.6 is 0 Å². The van der Waals surface area contributed by atoms with Crippen molar-refractivity contribution in [3.8, 4) is 22.6 Å². The van der Waals surface area contributed by atoms with Crippen LogP contribution < -0.4 is 0 Å². The van der Waals surface area contributed by atoms with Gasteiger partial charge in [0.05, 0.1) is 11.0 Å². The number of para-hydroxylation sites is 1. The Morgan fingerprint density at radius 3 is 2.00 bits per heavy atom. The van der Waals surface area contributed by atoms with Crippen LogP contribution in [0.5, 0.6) is 5.75 Å². The number of phenols is 1. The summed E-state index contributed by atoms with van der Waals surface area (Å²) in [6.07, 6.45) is 0. The van der Waals surface area contributed by atoms with Gasteiger partial charge in [-0.05, 0) is 41.5 Å². The Bertz CT molecular complexity index is 1220. The summed E-state index contributed by atoms with van der Waals surface area (Å²) in [5, 5.41) is 12.4. The van der Waals surface area contributed by atoms with Gasteiger partial charge < -0.3 is 9.67 Å². The second-order valence-electron chi connectivity index (χ2n) is 6.44. The molecule has 0 atom stereocenters. The highest BCUT2D eigenvalue weighted by Crippen LogP contribution is 2.37. The fourth-order valence-electron chi connectivity index (χ4n) is 3.71. The summed E-state index contributed by atoms with van der Waals surface area (Å²) in [5.74, 6) is 0.318. The number of phenolic OH excluding ortho intramolecular Hbond substituents is 1. The maximum atomic E-state index is 10.4. The van der Waals surface area contributed by atoms with E-state index in [1.807, 2.05) is 24.3 Å². The van der Waals surface area contributed by atoms with Gasteiger partial charge in [0, 0.05) is 16.5 Å². The van der Waals surface area contributed by atoms with Gasteiger partial charge >= 0.3 is 0 Å². The zero-order chi connectivity index (χ0) is 17.5. The van der Waals surface area contributed by atoms with Crippen LogP contribution in [0.15, 0.2) is 97.1 Å². The van der Waals surface area contributed by atoms with E-state index in [-0.39, 0.29) is 0 Å². The summed E-state index contributed by atoms with van der Waals surface area (Å²) in [7, 11) is 0. The van der Waals surface area contributed by atoms with Gasteiger partial charge in [-0.3, -0.25) is 0 Å². The van der Waals surface area contributed by atoms with E-state index < -0.39 is 0 Å². The summed E-state index contributed by atoms with van der Waals surface area (Å²) < 4.78 is 2.21. The maximum Gasteiger partial charge on any atom is 0.125 e. The van der Waals surface area contributed by atoms with E-state index in [1.165, 1.54) is 11.1 Å². The molecule has 2 heteroatoms. The van der Waals surface area contributed by atoms with Gasteiger partial charge in [-0.2, -0.15) is 0 Å². The van der Waals surface area contributed by atoms with Gasteiger partial charge in [0.25, 0.3) is 0 Å². The molecular weight excluding hydrogens is 318 g/mol. The third kappa shape index (κ3) is 2.20. The molecule has 0 amide bonds. The molecule has 2 nitrogen and oxygen atoms in total. The zero-order valence-corrected chi connectivity index (χ0v) is 14.1. The first kappa shape index (κ1) is 14.8. The van der Waals surface area contributed by atoms with E-state index >= 15 is 0 Å². The Morgan fingerprint density at radius 1 is 0.538 bits per heavy atom.